The van der Waals surface area contributed by atoms with Gasteiger partial charge in [0, 0.05) is 4.47 Å². The molecule has 0 aliphatic carbocycles. The molecular formula is C7H6Br. The second kappa shape index (κ2) is 2.31. The van der Waals surface area contributed by atoms with Gasteiger partial charge < -0.3 is 0 Å². The van der Waals surface area contributed by atoms with Crippen molar-refractivity contribution in [1.82, 2.24) is 0 Å². The number of halogens is 1. The molecule has 41 valence electrons. The van der Waals surface area contributed by atoms with E-state index in [0.29, 0.717) is 0 Å². The van der Waals surface area contributed by atoms with Crippen molar-refractivity contribution in [2.75, 3.05) is 0 Å². The SMILES string of the molecule is Cc1ccc[c]c1Br. The molecule has 0 aromatic heterocycles. The van der Waals surface area contributed by atoms with E-state index >= 15 is 0 Å². The second-order valence-corrected chi connectivity index (χ2v) is 2.46. The number of hydrogen-bond donors (Lipinski definition) is 0. The molecule has 1 aromatic carbocycles. The summed E-state index contributed by atoms with van der Waals surface area (Å²) in [7, 11) is 0. The van der Waals surface area contributed by atoms with Crippen LogP contribution in [0.1, 0.15) is 5.56 Å². The molecule has 0 nitrogen and oxygen atoms in total. The molecule has 0 aliphatic heterocycles. The average molecular weight is 170 g/mol. The van der Waals surface area contributed by atoms with Gasteiger partial charge in [-0.2, -0.15) is 0 Å². The third-order valence-corrected chi connectivity index (χ3v) is 1.85. The van der Waals surface area contributed by atoms with Crippen molar-refractivity contribution in [2.45, 2.75) is 6.92 Å². The highest BCUT2D eigenvalue weighted by atomic mass is 79.9. The summed E-state index contributed by atoms with van der Waals surface area (Å²) in [5, 5.41) is 0. The Labute approximate surface area is 57.7 Å². The van der Waals surface area contributed by atoms with Gasteiger partial charge in [-0.25, -0.2) is 0 Å². The lowest BCUT2D eigenvalue weighted by Crippen LogP contribution is -1.70. The van der Waals surface area contributed by atoms with Crippen LogP contribution in [-0.4, -0.2) is 0 Å². The molecule has 0 amide bonds. The number of rotatable bonds is 0. The van der Waals surface area contributed by atoms with Gasteiger partial charge in [0.1, 0.15) is 0 Å². The topological polar surface area (TPSA) is 0 Å². The van der Waals surface area contributed by atoms with E-state index < -0.39 is 0 Å². The number of aryl methyl sites for hydroxylation is 1. The van der Waals surface area contributed by atoms with Crippen molar-refractivity contribution >= 4 is 15.9 Å². The fourth-order valence-electron chi connectivity index (χ4n) is 0.501. The van der Waals surface area contributed by atoms with E-state index in [1.807, 2.05) is 25.1 Å². The average Bonchev–Trinajstić information content (AvgIpc) is 1.77. The van der Waals surface area contributed by atoms with Crippen LogP contribution in [0.25, 0.3) is 0 Å². The minimum atomic E-state index is 1.06. The van der Waals surface area contributed by atoms with E-state index in [-0.39, 0.29) is 0 Å². The molecule has 0 N–H and O–H groups in total. The number of hydrogen-bond acceptors (Lipinski definition) is 0. The monoisotopic (exact) mass is 169 g/mol. The van der Waals surface area contributed by atoms with Crippen molar-refractivity contribution in [3.05, 3.63) is 34.3 Å². The summed E-state index contributed by atoms with van der Waals surface area (Å²) < 4.78 is 1.06. The molecule has 1 heteroatoms. The Morgan fingerprint density at radius 2 is 2.38 bits per heavy atom. The Morgan fingerprint density at radius 3 is 2.75 bits per heavy atom. The van der Waals surface area contributed by atoms with Crippen molar-refractivity contribution in [1.29, 1.82) is 0 Å². The third kappa shape index (κ3) is 1.10. The summed E-state index contributed by atoms with van der Waals surface area (Å²) in [5.41, 5.74) is 1.23. The Morgan fingerprint density at radius 1 is 1.62 bits per heavy atom. The zero-order valence-corrected chi connectivity index (χ0v) is 6.20. The Balaban J connectivity index is 3.13. The highest BCUT2D eigenvalue weighted by molar-refractivity contribution is 9.10. The first-order valence-electron chi connectivity index (χ1n) is 2.43. The summed E-state index contributed by atoms with van der Waals surface area (Å²) in [6.07, 6.45) is 0. The molecule has 0 atom stereocenters. The van der Waals surface area contributed by atoms with Gasteiger partial charge in [0.25, 0.3) is 0 Å². The van der Waals surface area contributed by atoms with Crippen molar-refractivity contribution in [3.8, 4) is 0 Å². The summed E-state index contributed by atoms with van der Waals surface area (Å²) >= 11 is 3.34. The van der Waals surface area contributed by atoms with Crippen LogP contribution in [0.15, 0.2) is 22.7 Å². The molecule has 0 saturated heterocycles. The number of benzene rings is 1. The minimum Gasteiger partial charge on any atom is -0.0613 e. The van der Waals surface area contributed by atoms with Gasteiger partial charge in [0.05, 0.1) is 0 Å². The molecule has 8 heavy (non-hydrogen) atoms. The van der Waals surface area contributed by atoms with Crippen molar-refractivity contribution < 1.29 is 0 Å². The van der Waals surface area contributed by atoms with Crippen LogP contribution in [0.2, 0.25) is 0 Å². The first-order valence-corrected chi connectivity index (χ1v) is 3.23. The summed E-state index contributed by atoms with van der Waals surface area (Å²) in [6.45, 7) is 2.04. The summed E-state index contributed by atoms with van der Waals surface area (Å²) in [6, 6.07) is 8.92. The largest absolute Gasteiger partial charge is 0.0613 e. The fraction of sp³-hybridized carbons (Fsp3) is 0.143. The molecule has 1 aromatic rings. The third-order valence-electron chi connectivity index (χ3n) is 0.999. The van der Waals surface area contributed by atoms with Crippen molar-refractivity contribution in [3.63, 3.8) is 0 Å². The highest BCUT2D eigenvalue weighted by Crippen LogP contribution is 2.12. The van der Waals surface area contributed by atoms with Gasteiger partial charge in [0.15, 0.2) is 0 Å². The van der Waals surface area contributed by atoms with Crippen LogP contribution in [0.4, 0.5) is 0 Å². The molecule has 0 fully saturated rings. The molecule has 0 bridgehead atoms. The van der Waals surface area contributed by atoms with Crippen LogP contribution in [0.3, 0.4) is 0 Å². The van der Waals surface area contributed by atoms with E-state index in [0.717, 1.165) is 4.47 Å². The molecule has 0 saturated carbocycles. The van der Waals surface area contributed by atoms with E-state index in [2.05, 4.69) is 22.0 Å². The van der Waals surface area contributed by atoms with Gasteiger partial charge >= 0.3 is 0 Å². The molecule has 0 heterocycles. The molecular weight excluding hydrogens is 164 g/mol. The highest BCUT2D eigenvalue weighted by Gasteiger charge is 1.86. The molecule has 1 rings (SSSR count). The Kier molecular flexibility index (Phi) is 1.69. The van der Waals surface area contributed by atoms with Gasteiger partial charge in [-0.15, -0.1) is 0 Å². The summed E-state index contributed by atoms with van der Waals surface area (Å²) in [4.78, 5) is 0. The molecule has 0 aliphatic rings. The minimum absolute atomic E-state index is 1.06. The van der Waals surface area contributed by atoms with Gasteiger partial charge in [0.2, 0.25) is 0 Å². The van der Waals surface area contributed by atoms with Crippen molar-refractivity contribution in [2.24, 2.45) is 0 Å². The maximum absolute atomic E-state index is 3.34. The predicted molar refractivity (Wildman–Crippen MR) is 37.7 cm³/mol. The zero-order valence-electron chi connectivity index (χ0n) is 4.61. The van der Waals surface area contributed by atoms with E-state index in [1.165, 1.54) is 5.56 Å². The lowest BCUT2D eigenvalue weighted by molar-refractivity contribution is 1.43. The van der Waals surface area contributed by atoms with Crippen LogP contribution in [-0.2, 0) is 0 Å². The molecule has 1 radical (unpaired) electrons. The zero-order chi connectivity index (χ0) is 5.98. The van der Waals surface area contributed by atoms with Gasteiger partial charge in [-0.1, -0.05) is 18.2 Å². The van der Waals surface area contributed by atoms with E-state index in [1.54, 1.807) is 0 Å². The van der Waals surface area contributed by atoms with Crippen LogP contribution in [0.5, 0.6) is 0 Å². The van der Waals surface area contributed by atoms with E-state index in [9.17, 15) is 0 Å². The lowest BCUT2D eigenvalue weighted by atomic mass is 10.2. The standard InChI is InChI=1S/C7H6Br/c1-6-4-2-3-5-7(6)8/h2-4H,1H3. The smallest absolute Gasteiger partial charge is 0.0283 e. The van der Waals surface area contributed by atoms with Gasteiger partial charge in [-0.3, -0.25) is 0 Å². The normalized spacial score (nSPS) is 9.25. The quantitative estimate of drug-likeness (QED) is 0.561. The van der Waals surface area contributed by atoms with Gasteiger partial charge in [-0.05, 0) is 34.5 Å². The molecule has 0 unspecified atom stereocenters. The first kappa shape index (κ1) is 5.83. The lowest BCUT2D eigenvalue weighted by Gasteiger charge is -1.90. The fourth-order valence-corrected chi connectivity index (χ4v) is 0.765. The van der Waals surface area contributed by atoms with Crippen LogP contribution >= 0.6 is 15.9 Å². The predicted octanol–water partition coefficient (Wildman–Crippen LogP) is 2.56. The summed E-state index contributed by atoms with van der Waals surface area (Å²) in [5.74, 6) is 0. The Hall–Kier alpha value is -0.300. The maximum Gasteiger partial charge on any atom is 0.0283 e. The second-order valence-electron chi connectivity index (χ2n) is 1.67. The van der Waals surface area contributed by atoms with Crippen LogP contribution < -0.4 is 0 Å². The molecule has 0 spiro atoms. The van der Waals surface area contributed by atoms with E-state index in [4.69, 9.17) is 0 Å². The van der Waals surface area contributed by atoms with Crippen LogP contribution in [0, 0.1) is 13.0 Å². The Bertz CT molecular complexity index is 160. The maximum atomic E-state index is 3.34. The first-order chi connectivity index (χ1) is 3.80.